The highest BCUT2D eigenvalue weighted by Crippen LogP contribution is 1.85. The first-order valence-electron chi connectivity index (χ1n) is 3.67. The molecule has 0 unspecified atom stereocenters. The molecule has 0 fully saturated rings. The van der Waals surface area contributed by atoms with E-state index < -0.39 is 0 Å². The molecular formula is C11H20O4. The van der Waals surface area contributed by atoms with Crippen molar-refractivity contribution in [3.05, 3.63) is 24.8 Å². The van der Waals surface area contributed by atoms with Crippen molar-refractivity contribution in [3.8, 4) is 0 Å². The van der Waals surface area contributed by atoms with Crippen LogP contribution in [0.25, 0.3) is 0 Å². The van der Waals surface area contributed by atoms with E-state index in [2.05, 4.69) is 13.2 Å². The fraction of sp³-hybridized carbons (Fsp3) is 0.364. The predicted octanol–water partition coefficient (Wildman–Crippen LogP) is 1.34. The number of Topliss-reactive ketones (excluding diaryl/α,β-unsaturated/α-hetero) is 1. The summed E-state index contributed by atoms with van der Waals surface area (Å²) in [5, 5.41) is 8.18. The van der Waals surface area contributed by atoms with Crippen LogP contribution < -0.4 is 0 Å². The Morgan fingerprint density at radius 1 is 1.27 bits per heavy atom. The Bertz CT molecular complexity index is 207. The van der Waals surface area contributed by atoms with E-state index >= 15 is 0 Å². The van der Waals surface area contributed by atoms with Crippen molar-refractivity contribution < 1.29 is 19.5 Å². The number of hydrogen-bond donors (Lipinski definition) is 1. The third kappa shape index (κ3) is 32.7. The molecule has 1 N–H and O–H groups in total. The van der Waals surface area contributed by atoms with E-state index in [-0.39, 0.29) is 31.2 Å². The molecule has 0 saturated heterocycles. The minimum Gasteiger partial charge on any atom is -0.392 e. The van der Waals surface area contributed by atoms with Gasteiger partial charge in [0.15, 0.2) is 11.6 Å². The van der Waals surface area contributed by atoms with Gasteiger partial charge in [-0.1, -0.05) is 20.6 Å². The molecule has 0 amide bonds. The molecule has 0 atom stereocenters. The minimum absolute atomic E-state index is 0. The zero-order valence-electron chi connectivity index (χ0n) is 8.58. The molecule has 0 aliphatic heterocycles. The van der Waals surface area contributed by atoms with Gasteiger partial charge in [0.25, 0.3) is 0 Å². The van der Waals surface area contributed by atoms with E-state index in [1.54, 1.807) is 0 Å². The maximum Gasteiger partial charge on any atom is 0.157 e. The Morgan fingerprint density at radius 3 is 1.53 bits per heavy atom. The monoisotopic (exact) mass is 216 g/mol. The third-order valence-electron chi connectivity index (χ3n) is 0.976. The second kappa shape index (κ2) is 18.3. The highest BCUT2D eigenvalue weighted by Gasteiger charge is 1.93. The molecule has 0 heterocycles. The highest BCUT2D eigenvalue weighted by atomic mass is 16.3. The topological polar surface area (TPSA) is 71.4 Å². The number of aliphatic hydroxyl groups is 1. The van der Waals surface area contributed by atoms with Crippen molar-refractivity contribution in [2.45, 2.75) is 21.3 Å². The van der Waals surface area contributed by atoms with Gasteiger partial charge in [-0.2, -0.15) is 0 Å². The van der Waals surface area contributed by atoms with Gasteiger partial charge in [-0.15, -0.1) is 0 Å². The van der Waals surface area contributed by atoms with Crippen LogP contribution in [-0.4, -0.2) is 30.1 Å². The molecule has 0 aromatic rings. The quantitative estimate of drug-likeness (QED) is 0.722. The Morgan fingerprint density at radius 2 is 1.53 bits per heavy atom. The van der Waals surface area contributed by atoms with Crippen molar-refractivity contribution >= 4 is 18.4 Å². The molecule has 4 heteroatoms. The number of ketones is 2. The van der Waals surface area contributed by atoms with Gasteiger partial charge in [-0.25, -0.2) is 0 Å². The summed E-state index contributed by atoms with van der Waals surface area (Å²) in [5.74, 6) is -0.132. The number of rotatable bonds is 3. The van der Waals surface area contributed by atoms with Crippen LogP contribution in [0.4, 0.5) is 0 Å². The first-order valence-corrected chi connectivity index (χ1v) is 3.67. The van der Waals surface area contributed by atoms with Crippen LogP contribution >= 0.6 is 0 Å². The molecule has 0 spiro atoms. The molecule has 0 aliphatic rings. The standard InChI is InChI=1S/C5H8O2.C4H6O.CH2O.CH4/c1-4(3-6)5(2)7;1-3-4(2)5;1-2;/h6H,1,3H2,2H3;3H,1H2,2H3;1H2;1H4. The summed E-state index contributed by atoms with van der Waals surface area (Å²) in [7, 11) is 0. The summed E-state index contributed by atoms with van der Waals surface area (Å²) in [5.41, 5.74) is 0.264. The van der Waals surface area contributed by atoms with E-state index in [4.69, 9.17) is 9.90 Å². The zero-order valence-corrected chi connectivity index (χ0v) is 8.58. The molecule has 0 aliphatic carbocycles. The van der Waals surface area contributed by atoms with Crippen molar-refractivity contribution in [3.63, 3.8) is 0 Å². The zero-order chi connectivity index (χ0) is 12.1. The molecule has 15 heavy (non-hydrogen) atoms. The average molecular weight is 216 g/mol. The van der Waals surface area contributed by atoms with Crippen LogP contribution in [0.5, 0.6) is 0 Å². The maximum absolute atomic E-state index is 10.1. The van der Waals surface area contributed by atoms with Crippen LogP contribution in [0.15, 0.2) is 24.8 Å². The summed E-state index contributed by atoms with van der Waals surface area (Å²) >= 11 is 0. The molecule has 0 rings (SSSR count). The third-order valence-corrected chi connectivity index (χ3v) is 0.976. The number of hydrogen-bond acceptors (Lipinski definition) is 4. The van der Waals surface area contributed by atoms with Gasteiger partial charge in [0, 0.05) is 5.57 Å². The smallest absolute Gasteiger partial charge is 0.157 e. The van der Waals surface area contributed by atoms with Crippen LogP contribution in [0.2, 0.25) is 0 Å². The Balaban J connectivity index is -0.0000000675. The summed E-state index contributed by atoms with van der Waals surface area (Å²) in [4.78, 5) is 27.8. The first kappa shape index (κ1) is 23.3. The van der Waals surface area contributed by atoms with E-state index in [1.807, 2.05) is 6.79 Å². The van der Waals surface area contributed by atoms with Crippen LogP contribution in [-0.2, 0) is 14.4 Å². The van der Waals surface area contributed by atoms with Gasteiger partial charge in [0.2, 0.25) is 0 Å². The Labute approximate surface area is 91.3 Å². The summed E-state index contributed by atoms with van der Waals surface area (Å²) in [6.07, 6.45) is 1.28. The summed E-state index contributed by atoms with van der Waals surface area (Å²) < 4.78 is 0. The number of aliphatic hydroxyl groups excluding tert-OH is 1. The van der Waals surface area contributed by atoms with Crippen molar-refractivity contribution in [2.24, 2.45) is 0 Å². The second-order valence-electron chi connectivity index (χ2n) is 2.13. The van der Waals surface area contributed by atoms with Gasteiger partial charge >= 0.3 is 0 Å². The second-order valence-corrected chi connectivity index (χ2v) is 2.13. The fourth-order valence-electron chi connectivity index (χ4n) is 0.111. The number of carbonyl (C=O) groups excluding carboxylic acids is 3. The Kier molecular flexibility index (Phi) is 28.4. The maximum atomic E-state index is 10.1. The summed E-state index contributed by atoms with van der Waals surface area (Å²) in [6.45, 7) is 11.1. The lowest BCUT2D eigenvalue weighted by atomic mass is 10.2. The lowest BCUT2D eigenvalue weighted by Crippen LogP contribution is -1.98. The van der Waals surface area contributed by atoms with E-state index in [0.717, 1.165) is 0 Å². The normalized spacial score (nSPS) is 6.33. The molecule has 0 radical (unpaired) electrons. The fourth-order valence-corrected chi connectivity index (χ4v) is 0.111. The molecule has 88 valence electrons. The molecule has 0 aromatic heterocycles. The molecule has 0 aromatic carbocycles. The summed E-state index contributed by atoms with van der Waals surface area (Å²) in [6, 6.07) is 0. The molecule has 4 nitrogen and oxygen atoms in total. The number of allylic oxidation sites excluding steroid dienone is 1. The van der Waals surface area contributed by atoms with E-state index in [9.17, 15) is 9.59 Å². The average Bonchev–Trinajstić information content (AvgIpc) is 2.20. The minimum atomic E-state index is -0.227. The van der Waals surface area contributed by atoms with Crippen molar-refractivity contribution in [1.82, 2.24) is 0 Å². The van der Waals surface area contributed by atoms with Crippen molar-refractivity contribution in [2.75, 3.05) is 6.61 Å². The van der Waals surface area contributed by atoms with Gasteiger partial charge < -0.3 is 9.90 Å². The largest absolute Gasteiger partial charge is 0.392 e. The van der Waals surface area contributed by atoms with Crippen molar-refractivity contribution in [1.29, 1.82) is 0 Å². The lowest BCUT2D eigenvalue weighted by molar-refractivity contribution is -0.114. The first-order chi connectivity index (χ1) is 6.45. The molecule has 0 bridgehead atoms. The van der Waals surface area contributed by atoms with E-state index in [0.29, 0.717) is 0 Å². The van der Waals surface area contributed by atoms with Crippen LogP contribution in [0.1, 0.15) is 21.3 Å². The number of carbonyl (C=O) groups is 3. The lowest BCUT2D eigenvalue weighted by Gasteiger charge is -1.88. The Hall–Kier alpha value is -1.55. The highest BCUT2D eigenvalue weighted by molar-refractivity contribution is 5.92. The van der Waals surface area contributed by atoms with E-state index in [1.165, 1.54) is 19.9 Å². The van der Waals surface area contributed by atoms with Crippen LogP contribution in [0.3, 0.4) is 0 Å². The van der Waals surface area contributed by atoms with Gasteiger partial charge in [-0.3, -0.25) is 9.59 Å². The molecular weight excluding hydrogens is 196 g/mol. The SMILES string of the molecule is C.C=C(CO)C(C)=O.C=CC(C)=O.C=O. The predicted molar refractivity (Wildman–Crippen MR) is 61.6 cm³/mol. The van der Waals surface area contributed by atoms with Gasteiger partial charge in [-0.05, 0) is 19.9 Å². The van der Waals surface area contributed by atoms with Gasteiger partial charge in [0.05, 0.1) is 6.61 Å². The van der Waals surface area contributed by atoms with Gasteiger partial charge in [0.1, 0.15) is 6.79 Å². The molecule has 0 saturated carbocycles. The van der Waals surface area contributed by atoms with Crippen LogP contribution in [0, 0.1) is 0 Å².